The number of halogens is 1. The number of carbonyl (C=O) groups is 1. The Labute approximate surface area is 241 Å². The second-order valence-electron chi connectivity index (χ2n) is 12.3. The molecule has 2 fully saturated rings. The molecule has 0 bridgehead atoms. The number of fused-ring (bicyclic) bond motifs is 3. The van der Waals surface area contributed by atoms with Crippen LogP contribution in [0.1, 0.15) is 60.1 Å². The van der Waals surface area contributed by atoms with Gasteiger partial charge in [-0.3, -0.25) is 4.79 Å². The first-order valence-corrected chi connectivity index (χ1v) is 14.9. The van der Waals surface area contributed by atoms with Crippen molar-refractivity contribution >= 4 is 11.7 Å². The Balaban J connectivity index is 1.34. The first-order valence-electron chi connectivity index (χ1n) is 14.9. The largest absolute Gasteiger partial charge is 0.462 e. The summed E-state index contributed by atoms with van der Waals surface area (Å²) < 4.78 is 20.1. The van der Waals surface area contributed by atoms with Gasteiger partial charge in [-0.1, -0.05) is 24.8 Å². The zero-order chi connectivity index (χ0) is 28.7. The summed E-state index contributed by atoms with van der Waals surface area (Å²) >= 11 is 0. The molecule has 3 atom stereocenters. The van der Waals surface area contributed by atoms with E-state index >= 15 is 0 Å². The third-order valence-corrected chi connectivity index (χ3v) is 9.92. The number of likely N-dealkylation sites (N-methyl/N-ethyl adjacent to an activating group) is 1. The van der Waals surface area contributed by atoms with E-state index in [1.165, 1.54) is 21.6 Å². The Kier molecular flexibility index (Phi) is 7.45. The van der Waals surface area contributed by atoms with Crippen molar-refractivity contribution in [2.45, 2.75) is 75.8 Å². The number of amides is 1. The summed E-state index contributed by atoms with van der Waals surface area (Å²) in [5.41, 5.74) is 6.56. The lowest BCUT2D eigenvalue weighted by Crippen LogP contribution is -2.55. The third-order valence-electron chi connectivity index (χ3n) is 9.92. The topological polar surface area (TPSA) is 85.6 Å². The van der Waals surface area contributed by atoms with Crippen molar-refractivity contribution in [2.24, 2.45) is 0 Å². The molecule has 4 aliphatic rings. The lowest BCUT2D eigenvalue weighted by molar-refractivity contribution is -0.131. The Morgan fingerprint density at radius 2 is 2.00 bits per heavy atom. The van der Waals surface area contributed by atoms with Crippen LogP contribution in [0.4, 0.5) is 10.2 Å². The van der Waals surface area contributed by atoms with E-state index in [-0.39, 0.29) is 11.8 Å². The Hall–Kier alpha value is -3.51. The van der Waals surface area contributed by atoms with Crippen LogP contribution in [0.25, 0.3) is 0 Å². The number of hydrogen-bond donors (Lipinski definition) is 0. The van der Waals surface area contributed by atoms with Gasteiger partial charge < -0.3 is 19.4 Å². The molecule has 6 rings (SSSR count). The average molecular weight is 559 g/mol. The maximum atomic E-state index is 13.8. The van der Waals surface area contributed by atoms with E-state index < -0.39 is 17.8 Å². The summed E-state index contributed by atoms with van der Waals surface area (Å²) in [4.78, 5) is 28.4. The van der Waals surface area contributed by atoms with Crippen LogP contribution in [0.5, 0.6) is 6.01 Å². The van der Waals surface area contributed by atoms with Gasteiger partial charge in [0.1, 0.15) is 12.4 Å². The van der Waals surface area contributed by atoms with Crippen LogP contribution in [-0.4, -0.2) is 77.6 Å². The maximum absolute atomic E-state index is 13.8. The highest BCUT2D eigenvalue weighted by Crippen LogP contribution is 2.49. The van der Waals surface area contributed by atoms with Gasteiger partial charge in [-0.15, -0.1) is 0 Å². The van der Waals surface area contributed by atoms with E-state index in [2.05, 4.69) is 54.6 Å². The van der Waals surface area contributed by atoms with E-state index in [1.54, 1.807) is 0 Å². The van der Waals surface area contributed by atoms with Crippen molar-refractivity contribution in [1.82, 2.24) is 19.8 Å². The molecule has 0 radical (unpaired) electrons. The van der Waals surface area contributed by atoms with Crippen LogP contribution in [0.3, 0.4) is 0 Å². The molecule has 41 heavy (non-hydrogen) atoms. The Morgan fingerprint density at radius 3 is 2.73 bits per heavy atom. The minimum Gasteiger partial charge on any atom is -0.462 e. The second kappa shape index (κ2) is 11.1. The summed E-state index contributed by atoms with van der Waals surface area (Å²) in [5.74, 6) is -0.904. The SMILES string of the molecule is C=C(F)C(=O)N1CCN(c2nc(OC[C@@H]3CCCN3C)nc3c2CCC2(CCc4c(C)cccc42)C3)C[C@@H]1CC#N. The zero-order valence-corrected chi connectivity index (χ0v) is 24.2. The lowest BCUT2D eigenvalue weighted by Gasteiger charge is -2.42. The van der Waals surface area contributed by atoms with E-state index in [0.29, 0.717) is 38.3 Å². The minimum absolute atomic E-state index is 0.0683. The number of ether oxygens (including phenoxy) is 1. The van der Waals surface area contributed by atoms with Crippen molar-refractivity contribution in [3.05, 3.63) is 58.6 Å². The van der Waals surface area contributed by atoms with Gasteiger partial charge >= 0.3 is 6.01 Å². The number of likely N-dealkylation sites (tertiary alicyclic amines) is 1. The summed E-state index contributed by atoms with van der Waals surface area (Å²) in [6.07, 6.45) is 7.31. The van der Waals surface area contributed by atoms with Gasteiger partial charge in [-0.25, -0.2) is 4.39 Å². The molecular formula is C32H39FN6O2. The molecule has 3 heterocycles. The monoisotopic (exact) mass is 558 g/mol. The van der Waals surface area contributed by atoms with Gasteiger partial charge in [-0.2, -0.15) is 15.2 Å². The van der Waals surface area contributed by atoms with Crippen LogP contribution in [-0.2, 0) is 29.5 Å². The van der Waals surface area contributed by atoms with E-state index in [1.807, 2.05) is 0 Å². The Bertz CT molecular complexity index is 1410. The highest BCUT2D eigenvalue weighted by Gasteiger charge is 2.44. The van der Waals surface area contributed by atoms with Gasteiger partial charge in [0.05, 0.1) is 24.2 Å². The van der Waals surface area contributed by atoms with Crippen molar-refractivity contribution in [2.75, 3.05) is 44.7 Å². The average Bonchev–Trinajstić information content (AvgIpc) is 3.54. The quantitative estimate of drug-likeness (QED) is 0.495. The minimum atomic E-state index is -0.995. The molecule has 8 nitrogen and oxygen atoms in total. The number of piperazine rings is 1. The molecule has 216 valence electrons. The second-order valence-corrected chi connectivity index (χ2v) is 12.3. The molecule has 1 unspecified atom stereocenters. The molecule has 2 saturated heterocycles. The van der Waals surface area contributed by atoms with Crippen LogP contribution < -0.4 is 9.64 Å². The highest BCUT2D eigenvalue weighted by molar-refractivity contribution is 5.91. The number of hydrogen-bond acceptors (Lipinski definition) is 7. The third kappa shape index (κ3) is 5.07. The maximum Gasteiger partial charge on any atom is 0.318 e. The van der Waals surface area contributed by atoms with Gasteiger partial charge in [0.15, 0.2) is 5.83 Å². The Morgan fingerprint density at radius 1 is 1.20 bits per heavy atom. The molecule has 1 spiro atoms. The number of aromatic nitrogens is 2. The predicted molar refractivity (Wildman–Crippen MR) is 155 cm³/mol. The summed E-state index contributed by atoms with van der Waals surface area (Å²) in [7, 11) is 2.13. The van der Waals surface area contributed by atoms with Crippen molar-refractivity contribution in [3.8, 4) is 12.1 Å². The smallest absolute Gasteiger partial charge is 0.318 e. The lowest BCUT2D eigenvalue weighted by atomic mass is 9.69. The molecule has 0 saturated carbocycles. The summed E-state index contributed by atoms with van der Waals surface area (Å²) in [6.45, 7) is 8.20. The van der Waals surface area contributed by atoms with E-state index in [0.717, 1.165) is 68.6 Å². The fourth-order valence-corrected chi connectivity index (χ4v) is 7.58. The van der Waals surface area contributed by atoms with Gasteiger partial charge in [0, 0.05) is 36.7 Å². The van der Waals surface area contributed by atoms with Crippen LogP contribution in [0.15, 0.2) is 30.6 Å². The predicted octanol–water partition coefficient (Wildman–Crippen LogP) is 4.05. The number of anilines is 1. The summed E-state index contributed by atoms with van der Waals surface area (Å²) in [5, 5.41) is 9.49. The van der Waals surface area contributed by atoms with Crippen molar-refractivity contribution in [1.29, 1.82) is 5.26 Å². The van der Waals surface area contributed by atoms with Crippen LogP contribution >= 0.6 is 0 Å². The number of benzene rings is 1. The first-order chi connectivity index (χ1) is 19.8. The van der Waals surface area contributed by atoms with E-state index in [4.69, 9.17) is 14.7 Å². The normalized spacial score (nSPS) is 25.6. The first kappa shape index (κ1) is 27.6. The van der Waals surface area contributed by atoms with Crippen molar-refractivity contribution in [3.63, 3.8) is 0 Å². The van der Waals surface area contributed by atoms with Crippen LogP contribution in [0.2, 0.25) is 0 Å². The number of nitriles is 1. The van der Waals surface area contributed by atoms with E-state index in [9.17, 15) is 14.4 Å². The fraction of sp³-hybridized carbons (Fsp3) is 0.562. The number of carbonyl (C=O) groups excluding carboxylic acids is 1. The fourth-order valence-electron chi connectivity index (χ4n) is 7.58. The molecule has 2 aromatic rings. The van der Waals surface area contributed by atoms with Gasteiger partial charge in [0.25, 0.3) is 5.91 Å². The van der Waals surface area contributed by atoms with Crippen LogP contribution in [0, 0.1) is 18.3 Å². The molecule has 1 aromatic carbocycles. The summed E-state index contributed by atoms with van der Waals surface area (Å²) in [6, 6.07) is 9.16. The molecule has 1 aromatic heterocycles. The standard InChI is InChI=1S/C32H39FN6O2/c1-21-6-4-8-27-25(21)9-12-32(27)13-10-26-28(18-32)35-31(41-20-24-7-5-15-37(24)3)36-29(26)38-16-17-39(30(40)22(2)33)23(19-38)11-14-34/h4,6,8,23-24H,2,5,7,9-13,15-20H2,1,3H3/t23-,24-,32?/m0/s1. The molecule has 2 aliphatic heterocycles. The number of nitrogens with zero attached hydrogens (tertiary/aromatic N) is 6. The van der Waals surface area contributed by atoms with Crippen molar-refractivity contribution < 1.29 is 13.9 Å². The molecule has 2 aliphatic carbocycles. The molecular weight excluding hydrogens is 519 g/mol. The van der Waals surface area contributed by atoms with Gasteiger partial charge in [-0.05, 0) is 82.2 Å². The highest BCUT2D eigenvalue weighted by atomic mass is 19.1. The molecule has 0 N–H and O–H groups in total. The number of rotatable bonds is 6. The molecule has 1 amide bonds. The zero-order valence-electron chi connectivity index (χ0n) is 24.2. The molecule has 9 heteroatoms. The van der Waals surface area contributed by atoms with Gasteiger partial charge in [0.2, 0.25) is 0 Å². The number of aryl methyl sites for hydroxylation is 1.